The Bertz CT molecular complexity index is 1070. The van der Waals surface area contributed by atoms with E-state index in [9.17, 15) is 20.2 Å². The lowest BCUT2D eigenvalue weighted by molar-refractivity contribution is -0.384. The summed E-state index contributed by atoms with van der Waals surface area (Å²) in [4.78, 5) is 21.2. The standard InChI is InChI=1S/C20H13N3O4/c21-13-16(14-3-9-18(10-4-14)23(26)27)12-19-2-1-11-22(19)17-7-5-15(6-8-17)20(24)25/h1-12H,(H,24,25)/b16-12+. The number of nitro groups is 1. The van der Waals surface area contributed by atoms with Crippen LogP contribution in [0.4, 0.5) is 5.69 Å². The average molecular weight is 359 g/mol. The molecule has 0 unspecified atom stereocenters. The molecule has 3 aromatic rings. The first kappa shape index (κ1) is 17.6. The lowest BCUT2D eigenvalue weighted by Crippen LogP contribution is -1.99. The predicted octanol–water partition coefficient (Wildman–Crippen LogP) is 4.15. The second kappa shape index (κ2) is 7.37. The van der Waals surface area contributed by atoms with Crippen LogP contribution in [0.3, 0.4) is 0 Å². The van der Waals surface area contributed by atoms with E-state index in [1.807, 2.05) is 16.7 Å². The molecule has 0 atom stereocenters. The van der Waals surface area contributed by atoms with Crippen LogP contribution < -0.4 is 0 Å². The van der Waals surface area contributed by atoms with Crippen LogP contribution in [0, 0.1) is 21.4 Å². The van der Waals surface area contributed by atoms with E-state index >= 15 is 0 Å². The van der Waals surface area contributed by atoms with Crippen LogP contribution in [0.15, 0.2) is 66.9 Å². The van der Waals surface area contributed by atoms with Gasteiger partial charge in [0.2, 0.25) is 0 Å². The fourth-order valence-corrected chi connectivity index (χ4v) is 2.60. The first-order valence-electron chi connectivity index (χ1n) is 7.87. The summed E-state index contributed by atoms with van der Waals surface area (Å²) in [5.41, 5.74) is 2.53. The molecular weight excluding hydrogens is 346 g/mol. The molecule has 0 spiro atoms. The molecule has 2 aromatic carbocycles. The Balaban J connectivity index is 1.97. The molecule has 0 saturated carbocycles. The van der Waals surface area contributed by atoms with Crippen molar-refractivity contribution in [3.63, 3.8) is 0 Å². The zero-order valence-corrected chi connectivity index (χ0v) is 13.9. The van der Waals surface area contributed by atoms with Gasteiger partial charge in [-0.3, -0.25) is 10.1 Å². The molecule has 0 aliphatic carbocycles. The van der Waals surface area contributed by atoms with Gasteiger partial charge in [-0.25, -0.2) is 4.79 Å². The minimum Gasteiger partial charge on any atom is -0.478 e. The molecule has 7 nitrogen and oxygen atoms in total. The number of allylic oxidation sites excluding steroid dienone is 1. The number of hydrogen-bond acceptors (Lipinski definition) is 4. The summed E-state index contributed by atoms with van der Waals surface area (Å²) in [5.74, 6) is -1.00. The number of carbonyl (C=O) groups is 1. The Morgan fingerprint density at radius 1 is 1.07 bits per heavy atom. The molecule has 0 fully saturated rings. The maximum Gasteiger partial charge on any atom is 0.335 e. The number of aromatic nitrogens is 1. The van der Waals surface area contributed by atoms with Crippen molar-refractivity contribution in [3.05, 3.63) is 93.8 Å². The first-order valence-corrected chi connectivity index (χ1v) is 7.87. The quantitative estimate of drug-likeness (QED) is 0.418. The molecule has 0 aliphatic rings. The number of aromatic carboxylic acids is 1. The molecule has 0 aliphatic heterocycles. The van der Waals surface area contributed by atoms with Gasteiger partial charge in [-0.15, -0.1) is 0 Å². The monoisotopic (exact) mass is 359 g/mol. The second-order valence-corrected chi connectivity index (χ2v) is 5.63. The molecule has 0 radical (unpaired) electrons. The van der Waals surface area contributed by atoms with Crippen LogP contribution in [0.25, 0.3) is 17.3 Å². The van der Waals surface area contributed by atoms with Crippen LogP contribution in [-0.2, 0) is 0 Å². The summed E-state index contributed by atoms with van der Waals surface area (Å²) in [6.45, 7) is 0. The fraction of sp³-hybridized carbons (Fsp3) is 0. The smallest absolute Gasteiger partial charge is 0.335 e. The van der Waals surface area contributed by atoms with Crippen molar-refractivity contribution in [1.29, 1.82) is 5.26 Å². The number of carboxylic acid groups (broad SMARTS) is 1. The highest BCUT2D eigenvalue weighted by Gasteiger charge is 2.09. The summed E-state index contributed by atoms with van der Waals surface area (Å²) in [7, 11) is 0. The van der Waals surface area contributed by atoms with Crippen molar-refractivity contribution in [2.24, 2.45) is 0 Å². The Hall–Kier alpha value is -4.18. The van der Waals surface area contributed by atoms with Gasteiger partial charge < -0.3 is 9.67 Å². The van der Waals surface area contributed by atoms with Gasteiger partial charge in [-0.05, 0) is 60.2 Å². The van der Waals surface area contributed by atoms with Crippen molar-refractivity contribution in [2.45, 2.75) is 0 Å². The molecular formula is C20H13N3O4. The van der Waals surface area contributed by atoms with E-state index in [1.165, 1.54) is 36.4 Å². The van der Waals surface area contributed by atoms with Gasteiger partial charge in [0.15, 0.2) is 0 Å². The molecule has 27 heavy (non-hydrogen) atoms. The minimum absolute atomic E-state index is 0.0436. The second-order valence-electron chi connectivity index (χ2n) is 5.63. The van der Waals surface area contributed by atoms with Gasteiger partial charge in [0.05, 0.1) is 22.1 Å². The third-order valence-electron chi connectivity index (χ3n) is 3.97. The average Bonchev–Trinajstić information content (AvgIpc) is 3.14. The molecule has 3 rings (SSSR count). The SMILES string of the molecule is N#C/C(=C\c1cccn1-c1ccc(C(=O)O)cc1)c1ccc([N+](=O)[O-])cc1. The third kappa shape index (κ3) is 3.75. The molecule has 0 amide bonds. The van der Waals surface area contributed by atoms with Gasteiger partial charge in [0, 0.05) is 29.7 Å². The number of nitrogens with zero attached hydrogens (tertiary/aromatic N) is 3. The molecule has 7 heteroatoms. The Morgan fingerprint density at radius 3 is 2.26 bits per heavy atom. The van der Waals surface area contributed by atoms with E-state index in [0.717, 1.165) is 5.69 Å². The Labute approximate surface area is 154 Å². The highest BCUT2D eigenvalue weighted by Crippen LogP contribution is 2.23. The number of benzene rings is 2. The molecule has 1 heterocycles. The number of rotatable bonds is 5. The number of nitriles is 1. The van der Waals surface area contributed by atoms with Crippen molar-refractivity contribution < 1.29 is 14.8 Å². The van der Waals surface area contributed by atoms with E-state index in [0.29, 0.717) is 16.8 Å². The molecule has 0 bridgehead atoms. The first-order chi connectivity index (χ1) is 13.0. The van der Waals surface area contributed by atoms with Crippen LogP contribution in [-0.4, -0.2) is 20.6 Å². The highest BCUT2D eigenvalue weighted by molar-refractivity contribution is 5.90. The van der Waals surface area contributed by atoms with Crippen LogP contribution in [0.2, 0.25) is 0 Å². The van der Waals surface area contributed by atoms with E-state index < -0.39 is 10.9 Å². The van der Waals surface area contributed by atoms with E-state index in [-0.39, 0.29) is 11.3 Å². The largest absolute Gasteiger partial charge is 0.478 e. The number of carboxylic acids is 1. The number of nitro benzene ring substituents is 1. The Kier molecular flexibility index (Phi) is 4.82. The van der Waals surface area contributed by atoms with E-state index in [1.54, 1.807) is 24.4 Å². The van der Waals surface area contributed by atoms with Crippen molar-refractivity contribution in [2.75, 3.05) is 0 Å². The van der Waals surface area contributed by atoms with Gasteiger partial charge >= 0.3 is 5.97 Å². The lowest BCUT2D eigenvalue weighted by atomic mass is 10.1. The molecule has 1 aromatic heterocycles. The van der Waals surface area contributed by atoms with E-state index in [2.05, 4.69) is 6.07 Å². The molecule has 1 N–H and O–H groups in total. The lowest BCUT2D eigenvalue weighted by Gasteiger charge is -2.08. The summed E-state index contributed by atoms with van der Waals surface area (Å²) in [6.07, 6.45) is 3.47. The van der Waals surface area contributed by atoms with Gasteiger partial charge in [0.25, 0.3) is 5.69 Å². The minimum atomic E-state index is -1.00. The van der Waals surface area contributed by atoms with Gasteiger partial charge in [-0.2, -0.15) is 5.26 Å². The zero-order chi connectivity index (χ0) is 19.4. The van der Waals surface area contributed by atoms with Crippen molar-refractivity contribution in [1.82, 2.24) is 4.57 Å². The van der Waals surface area contributed by atoms with Gasteiger partial charge in [-0.1, -0.05) is 0 Å². The third-order valence-corrected chi connectivity index (χ3v) is 3.97. The zero-order valence-electron chi connectivity index (χ0n) is 13.9. The summed E-state index contributed by atoms with van der Waals surface area (Å²) >= 11 is 0. The maximum absolute atomic E-state index is 11.0. The van der Waals surface area contributed by atoms with Crippen molar-refractivity contribution >= 4 is 23.3 Å². The fourth-order valence-electron chi connectivity index (χ4n) is 2.60. The van der Waals surface area contributed by atoms with Gasteiger partial charge in [0.1, 0.15) is 0 Å². The summed E-state index contributed by atoms with van der Waals surface area (Å²) in [6, 6.07) is 17.9. The number of non-ortho nitro benzene ring substituents is 1. The van der Waals surface area contributed by atoms with Crippen LogP contribution in [0.1, 0.15) is 21.6 Å². The van der Waals surface area contributed by atoms with Crippen LogP contribution in [0.5, 0.6) is 0 Å². The Morgan fingerprint density at radius 2 is 1.70 bits per heavy atom. The topological polar surface area (TPSA) is 109 Å². The summed E-state index contributed by atoms with van der Waals surface area (Å²) < 4.78 is 1.81. The normalized spacial score (nSPS) is 11.0. The molecule has 132 valence electrons. The van der Waals surface area contributed by atoms with E-state index in [4.69, 9.17) is 5.11 Å². The molecule has 0 saturated heterocycles. The number of hydrogen-bond donors (Lipinski definition) is 1. The highest BCUT2D eigenvalue weighted by atomic mass is 16.6. The maximum atomic E-state index is 11.0. The predicted molar refractivity (Wildman–Crippen MR) is 99.3 cm³/mol. The van der Waals surface area contributed by atoms with Crippen LogP contribution >= 0.6 is 0 Å². The summed E-state index contributed by atoms with van der Waals surface area (Å²) in [5, 5.41) is 29.2. The van der Waals surface area contributed by atoms with Crippen molar-refractivity contribution in [3.8, 4) is 11.8 Å².